The van der Waals surface area contributed by atoms with E-state index in [1.165, 1.54) is 0 Å². The van der Waals surface area contributed by atoms with Gasteiger partial charge in [0.15, 0.2) is 5.96 Å². The van der Waals surface area contributed by atoms with Gasteiger partial charge in [0.05, 0.1) is 5.69 Å². The summed E-state index contributed by atoms with van der Waals surface area (Å²) in [6.07, 6.45) is -2.62. The van der Waals surface area contributed by atoms with Crippen molar-refractivity contribution in [3.63, 3.8) is 0 Å². The van der Waals surface area contributed by atoms with Crippen LogP contribution >= 0.6 is 0 Å². The second-order valence-corrected chi connectivity index (χ2v) is 5.80. The van der Waals surface area contributed by atoms with Crippen molar-refractivity contribution in [2.75, 3.05) is 39.8 Å². The van der Waals surface area contributed by atoms with E-state index >= 15 is 0 Å². The van der Waals surface area contributed by atoms with Crippen molar-refractivity contribution in [1.29, 1.82) is 0 Å². The van der Waals surface area contributed by atoms with Crippen LogP contribution in [0, 0.1) is 0 Å². The Bertz CT molecular complexity index is 496. The molecule has 1 fully saturated rings. The molecule has 2 heterocycles. The predicted octanol–water partition coefficient (Wildman–Crippen LogP) is 2.10. The van der Waals surface area contributed by atoms with Crippen LogP contribution in [0.1, 0.15) is 25.0 Å². The maximum Gasteiger partial charge on any atom is 0.389 e. The number of aliphatic imine (C=N–C) groups is 1. The van der Waals surface area contributed by atoms with Crippen molar-refractivity contribution >= 4 is 5.96 Å². The van der Waals surface area contributed by atoms with E-state index in [0.717, 1.165) is 44.4 Å². The fourth-order valence-corrected chi connectivity index (χ4v) is 2.65. The summed E-state index contributed by atoms with van der Waals surface area (Å²) in [5.74, 6) is 0.753. The summed E-state index contributed by atoms with van der Waals surface area (Å²) in [5.41, 5.74) is 0.913. The number of rotatable bonds is 6. The number of hydrogen-bond acceptors (Lipinski definition) is 4. The number of alkyl halides is 3. The third kappa shape index (κ3) is 6.38. The molecule has 1 N–H and O–H groups in total. The molecule has 0 aromatic carbocycles. The number of nitrogens with zero attached hydrogens (tertiary/aromatic N) is 4. The van der Waals surface area contributed by atoms with Gasteiger partial charge in [-0.2, -0.15) is 13.2 Å². The van der Waals surface area contributed by atoms with Crippen LogP contribution in [0.2, 0.25) is 0 Å². The van der Waals surface area contributed by atoms with Gasteiger partial charge in [-0.3, -0.25) is 9.89 Å². The van der Waals surface area contributed by atoms with Gasteiger partial charge in [0.1, 0.15) is 6.26 Å². The van der Waals surface area contributed by atoms with Crippen LogP contribution in [0.25, 0.3) is 0 Å². The van der Waals surface area contributed by atoms with E-state index in [2.05, 4.69) is 25.3 Å². The number of hydrogen-bond donors (Lipinski definition) is 1. The molecule has 2 rings (SSSR count). The van der Waals surface area contributed by atoms with Gasteiger partial charge in [-0.1, -0.05) is 5.16 Å². The lowest BCUT2D eigenvalue weighted by atomic mass is 10.2. The summed E-state index contributed by atoms with van der Waals surface area (Å²) < 4.78 is 41.1. The van der Waals surface area contributed by atoms with E-state index < -0.39 is 12.6 Å². The minimum absolute atomic E-state index is 0.138. The van der Waals surface area contributed by atoms with E-state index in [1.807, 2.05) is 6.07 Å². The normalized spacial score (nSPS) is 17.3. The van der Waals surface area contributed by atoms with E-state index in [0.29, 0.717) is 13.0 Å². The highest BCUT2D eigenvalue weighted by molar-refractivity contribution is 5.79. The highest BCUT2D eigenvalue weighted by atomic mass is 19.4. The van der Waals surface area contributed by atoms with Crippen molar-refractivity contribution in [1.82, 2.24) is 20.3 Å². The van der Waals surface area contributed by atoms with Crippen molar-refractivity contribution < 1.29 is 17.7 Å². The molecule has 0 bridgehead atoms. The van der Waals surface area contributed by atoms with Gasteiger partial charge in [0, 0.05) is 58.8 Å². The Hall–Kier alpha value is -1.77. The van der Waals surface area contributed by atoms with Crippen LogP contribution in [0.5, 0.6) is 0 Å². The number of unbranched alkanes of at least 4 members (excludes halogenated alkanes) is 1. The van der Waals surface area contributed by atoms with Gasteiger partial charge < -0.3 is 14.7 Å². The van der Waals surface area contributed by atoms with Gasteiger partial charge in [-0.15, -0.1) is 0 Å². The first-order valence-electron chi connectivity index (χ1n) is 8.12. The maximum atomic E-state index is 12.1. The fraction of sp³-hybridized carbons (Fsp3) is 0.733. The second-order valence-electron chi connectivity index (χ2n) is 5.80. The summed E-state index contributed by atoms with van der Waals surface area (Å²) in [7, 11) is 1.69. The Labute approximate surface area is 139 Å². The minimum atomic E-state index is -4.07. The molecule has 1 aromatic rings. The van der Waals surface area contributed by atoms with Gasteiger partial charge in [-0.25, -0.2) is 0 Å². The third-order valence-electron chi connectivity index (χ3n) is 3.93. The lowest BCUT2D eigenvalue weighted by Crippen LogP contribution is -2.52. The monoisotopic (exact) mass is 347 g/mol. The minimum Gasteiger partial charge on any atom is -0.364 e. The molecule has 24 heavy (non-hydrogen) atoms. The lowest BCUT2D eigenvalue weighted by molar-refractivity contribution is -0.135. The van der Waals surface area contributed by atoms with Crippen molar-refractivity contribution in [2.45, 2.75) is 32.0 Å². The zero-order valence-corrected chi connectivity index (χ0v) is 13.8. The molecule has 0 spiro atoms. The summed E-state index contributed by atoms with van der Waals surface area (Å²) in [6, 6.07) is 1.85. The van der Waals surface area contributed by atoms with Crippen LogP contribution in [0.15, 0.2) is 21.8 Å². The van der Waals surface area contributed by atoms with Crippen LogP contribution < -0.4 is 5.32 Å². The zero-order chi connectivity index (χ0) is 17.4. The first kappa shape index (κ1) is 18.6. The molecular weight excluding hydrogens is 323 g/mol. The summed E-state index contributed by atoms with van der Waals surface area (Å²) in [5, 5.41) is 7.06. The van der Waals surface area contributed by atoms with Crippen molar-refractivity contribution in [3.05, 3.63) is 18.0 Å². The quantitative estimate of drug-likeness (QED) is 0.485. The van der Waals surface area contributed by atoms with Crippen molar-refractivity contribution in [3.8, 4) is 0 Å². The topological polar surface area (TPSA) is 56.9 Å². The average molecular weight is 347 g/mol. The Morgan fingerprint density at radius 2 is 2.04 bits per heavy atom. The van der Waals surface area contributed by atoms with Gasteiger partial charge >= 0.3 is 6.18 Å². The molecular formula is C15H24F3N5O. The average Bonchev–Trinajstić information content (AvgIpc) is 3.04. The van der Waals surface area contributed by atoms with Gasteiger partial charge in [0.2, 0.25) is 0 Å². The molecule has 1 aliphatic heterocycles. The SMILES string of the molecule is CN=C(NCCCCC(F)(F)F)N1CCN(Cc2ccon2)CC1. The smallest absolute Gasteiger partial charge is 0.364 e. The highest BCUT2D eigenvalue weighted by Gasteiger charge is 2.26. The summed E-state index contributed by atoms with van der Waals surface area (Å²) >= 11 is 0. The number of aromatic nitrogens is 1. The van der Waals surface area contributed by atoms with Gasteiger partial charge in [-0.05, 0) is 12.8 Å². The van der Waals surface area contributed by atoms with Crippen molar-refractivity contribution in [2.24, 2.45) is 4.99 Å². The Balaban J connectivity index is 1.65. The van der Waals surface area contributed by atoms with E-state index in [9.17, 15) is 13.2 Å². The molecule has 0 atom stereocenters. The molecule has 1 saturated heterocycles. The lowest BCUT2D eigenvalue weighted by Gasteiger charge is -2.36. The van der Waals surface area contributed by atoms with Crippen LogP contribution in [0.4, 0.5) is 13.2 Å². The number of piperazine rings is 1. The first-order chi connectivity index (χ1) is 11.5. The molecule has 0 radical (unpaired) electrons. The fourth-order valence-electron chi connectivity index (χ4n) is 2.65. The molecule has 0 unspecified atom stereocenters. The Morgan fingerprint density at radius 1 is 1.29 bits per heavy atom. The molecule has 6 nitrogen and oxygen atoms in total. The number of nitrogens with one attached hydrogen (secondary N) is 1. The number of guanidine groups is 1. The van der Waals surface area contributed by atoms with Crippen LogP contribution in [0.3, 0.4) is 0 Å². The van der Waals surface area contributed by atoms with Crippen LogP contribution in [-0.4, -0.2) is 66.9 Å². The Kier molecular flexibility index (Phi) is 6.89. The Morgan fingerprint density at radius 3 is 2.62 bits per heavy atom. The third-order valence-corrected chi connectivity index (χ3v) is 3.93. The molecule has 0 amide bonds. The molecule has 136 valence electrons. The molecule has 9 heteroatoms. The summed E-state index contributed by atoms with van der Waals surface area (Å²) in [4.78, 5) is 8.63. The summed E-state index contributed by atoms with van der Waals surface area (Å²) in [6.45, 7) is 4.65. The number of halogens is 3. The highest BCUT2D eigenvalue weighted by Crippen LogP contribution is 2.21. The van der Waals surface area contributed by atoms with E-state index in [-0.39, 0.29) is 6.42 Å². The van der Waals surface area contributed by atoms with E-state index in [1.54, 1.807) is 13.3 Å². The largest absolute Gasteiger partial charge is 0.389 e. The predicted molar refractivity (Wildman–Crippen MR) is 84.6 cm³/mol. The molecule has 0 saturated carbocycles. The second kappa shape index (κ2) is 8.91. The zero-order valence-electron chi connectivity index (χ0n) is 13.8. The molecule has 1 aliphatic rings. The molecule has 0 aliphatic carbocycles. The first-order valence-corrected chi connectivity index (χ1v) is 8.12. The molecule has 1 aromatic heterocycles. The van der Waals surface area contributed by atoms with E-state index in [4.69, 9.17) is 4.52 Å². The van der Waals surface area contributed by atoms with Gasteiger partial charge in [0.25, 0.3) is 0 Å². The maximum absolute atomic E-state index is 12.1. The van der Waals surface area contributed by atoms with Crippen LogP contribution in [-0.2, 0) is 6.54 Å². The standard InChI is InChI=1S/C15H24F3N5O/c1-19-14(20-6-3-2-5-15(16,17)18)23-9-7-22(8-10-23)12-13-4-11-24-21-13/h4,11H,2-3,5-10,12H2,1H3,(H,19,20).